The summed E-state index contributed by atoms with van der Waals surface area (Å²) in [6.45, 7) is 0. The van der Waals surface area contributed by atoms with Crippen LogP contribution in [0.2, 0.25) is 0 Å². The third kappa shape index (κ3) is 4.23. The van der Waals surface area contributed by atoms with E-state index >= 15 is 0 Å². The number of nitrogens with zero attached hydrogens (tertiary/aromatic N) is 3. The molecule has 0 amide bonds. The minimum absolute atomic E-state index is 0.810. The number of anilines is 2. The number of aromatic nitrogens is 3. The highest BCUT2D eigenvalue weighted by molar-refractivity contribution is 5.81. The number of rotatable bonds is 6. The Balaban J connectivity index is 1.35. The number of nitrogens with one attached hydrogen (secondary N) is 1. The van der Waals surface area contributed by atoms with E-state index in [4.69, 9.17) is 4.74 Å². The predicted octanol–water partition coefficient (Wildman–Crippen LogP) is 6.69. The molecule has 0 fully saturated rings. The van der Waals surface area contributed by atoms with Crippen LogP contribution in [0.5, 0.6) is 11.5 Å². The highest BCUT2D eigenvalue weighted by Crippen LogP contribution is 2.32. The van der Waals surface area contributed by atoms with Gasteiger partial charge in [0.15, 0.2) is 5.82 Å². The maximum atomic E-state index is 5.92. The lowest BCUT2D eigenvalue weighted by Crippen LogP contribution is -1.95. The van der Waals surface area contributed by atoms with Gasteiger partial charge >= 0.3 is 0 Å². The van der Waals surface area contributed by atoms with Gasteiger partial charge in [0.1, 0.15) is 17.8 Å². The van der Waals surface area contributed by atoms with Crippen LogP contribution in [0.3, 0.4) is 0 Å². The van der Waals surface area contributed by atoms with Crippen LogP contribution in [0, 0.1) is 0 Å². The summed E-state index contributed by atoms with van der Waals surface area (Å²) in [7, 11) is 1.94. The van der Waals surface area contributed by atoms with Crippen LogP contribution in [-0.2, 0) is 7.05 Å². The largest absolute Gasteiger partial charge is 0.457 e. The van der Waals surface area contributed by atoms with Gasteiger partial charge in [0.2, 0.25) is 0 Å². The zero-order chi connectivity index (χ0) is 21.8. The van der Waals surface area contributed by atoms with Crippen molar-refractivity contribution in [3.8, 4) is 34.0 Å². The second-order valence-corrected chi connectivity index (χ2v) is 7.45. The van der Waals surface area contributed by atoms with Crippen molar-refractivity contribution in [2.75, 3.05) is 5.32 Å². The highest BCUT2D eigenvalue weighted by Gasteiger charge is 2.08. The second kappa shape index (κ2) is 8.78. The Morgan fingerprint density at radius 3 is 2.06 bits per heavy atom. The van der Waals surface area contributed by atoms with Crippen molar-refractivity contribution < 1.29 is 4.74 Å². The van der Waals surface area contributed by atoms with E-state index in [0.29, 0.717) is 0 Å². The molecule has 0 radical (unpaired) electrons. The molecule has 0 spiro atoms. The van der Waals surface area contributed by atoms with E-state index in [-0.39, 0.29) is 0 Å². The molecule has 156 valence electrons. The Morgan fingerprint density at radius 1 is 0.688 bits per heavy atom. The lowest BCUT2D eigenvalue weighted by molar-refractivity contribution is 0.483. The summed E-state index contributed by atoms with van der Waals surface area (Å²) in [6, 6.07) is 34.4. The van der Waals surface area contributed by atoms with Crippen molar-refractivity contribution >= 4 is 11.4 Å². The Morgan fingerprint density at radius 2 is 1.34 bits per heavy atom. The lowest BCUT2D eigenvalue weighted by atomic mass is 10.0. The van der Waals surface area contributed by atoms with Crippen molar-refractivity contribution in [2.24, 2.45) is 7.05 Å². The molecule has 5 aromatic rings. The normalized spacial score (nSPS) is 10.7. The summed E-state index contributed by atoms with van der Waals surface area (Å²) in [6.07, 6.45) is 1.70. The van der Waals surface area contributed by atoms with Crippen LogP contribution < -0.4 is 10.1 Å². The van der Waals surface area contributed by atoms with E-state index in [1.165, 1.54) is 0 Å². The van der Waals surface area contributed by atoms with E-state index in [1.54, 1.807) is 6.33 Å². The van der Waals surface area contributed by atoms with Crippen LogP contribution in [0.15, 0.2) is 109 Å². The Kier molecular flexibility index (Phi) is 5.37. The molecule has 5 rings (SSSR count). The molecule has 1 N–H and O–H groups in total. The molecule has 5 nitrogen and oxygen atoms in total. The van der Waals surface area contributed by atoms with Gasteiger partial charge in [-0.1, -0.05) is 48.5 Å². The molecule has 5 heteroatoms. The molecular formula is C27H22N4O. The third-order valence-corrected chi connectivity index (χ3v) is 5.20. The van der Waals surface area contributed by atoms with Gasteiger partial charge < -0.3 is 14.6 Å². The fraction of sp³-hybridized carbons (Fsp3) is 0.0370. The minimum atomic E-state index is 0.810. The van der Waals surface area contributed by atoms with Crippen LogP contribution >= 0.6 is 0 Å². The number of hydrogen-bond donors (Lipinski definition) is 1. The van der Waals surface area contributed by atoms with Gasteiger partial charge in [-0.25, -0.2) is 0 Å². The van der Waals surface area contributed by atoms with Crippen molar-refractivity contribution in [2.45, 2.75) is 0 Å². The van der Waals surface area contributed by atoms with Crippen LogP contribution in [0.4, 0.5) is 11.4 Å². The smallest absolute Gasteiger partial charge is 0.163 e. The molecule has 0 saturated carbocycles. The number of aryl methyl sites for hydroxylation is 1. The first-order valence-electron chi connectivity index (χ1n) is 10.4. The van der Waals surface area contributed by atoms with E-state index in [1.807, 2.05) is 78.3 Å². The molecule has 1 heterocycles. The van der Waals surface area contributed by atoms with Gasteiger partial charge in [-0.3, -0.25) is 0 Å². The summed E-state index contributed by atoms with van der Waals surface area (Å²) in [5.41, 5.74) is 5.31. The average Bonchev–Trinajstić information content (AvgIpc) is 3.27. The fourth-order valence-electron chi connectivity index (χ4n) is 3.57. The van der Waals surface area contributed by atoms with E-state index in [2.05, 4.69) is 51.9 Å². The summed E-state index contributed by atoms with van der Waals surface area (Å²) in [4.78, 5) is 0. The summed E-state index contributed by atoms with van der Waals surface area (Å²) in [5, 5.41) is 11.7. The third-order valence-electron chi connectivity index (χ3n) is 5.20. The van der Waals surface area contributed by atoms with Crippen LogP contribution in [0.1, 0.15) is 0 Å². The van der Waals surface area contributed by atoms with Crippen LogP contribution in [-0.4, -0.2) is 14.8 Å². The molecule has 0 saturated heterocycles. The molecule has 0 atom stereocenters. The molecule has 0 aliphatic carbocycles. The zero-order valence-corrected chi connectivity index (χ0v) is 17.6. The fourth-order valence-corrected chi connectivity index (χ4v) is 3.57. The van der Waals surface area contributed by atoms with E-state index in [0.717, 1.165) is 45.4 Å². The number of para-hydroxylation sites is 2. The highest BCUT2D eigenvalue weighted by atomic mass is 16.5. The summed E-state index contributed by atoms with van der Waals surface area (Å²) >= 11 is 0. The van der Waals surface area contributed by atoms with Gasteiger partial charge in [0.05, 0.1) is 0 Å². The standard InChI is InChI=1S/C27H22N4O/c1-31-19-28-30-27(31)21-11-15-22(16-12-21)29-26-10-6-5-9-25(26)20-13-17-24(18-14-20)32-23-7-3-2-4-8-23/h2-19,29H,1H3. The molecule has 0 unspecified atom stereocenters. The van der Waals surface area contributed by atoms with Gasteiger partial charge in [-0.2, -0.15) is 0 Å². The Hall–Kier alpha value is -4.38. The van der Waals surface area contributed by atoms with Crippen molar-refractivity contribution in [3.05, 3.63) is 109 Å². The van der Waals surface area contributed by atoms with E-state index in [9.17, 15) is 0 Å². The first-order chi connectivity index (χ1) is 15.8. The average molecular weight is 419 g/mol. The monoisotopic (exact) mass is 418 g/mol. The molecule has 0 aliphatic rings. The summed E-state index contributed by atoms with van der Waals surface area (Å²) in [5.74, 6) is 2.48. The van der Waals surface area contributed by atoms with Gasteiger partial charge in [-0.15, -0.1) is 10.2 Å². The second-order valence-electron chi connectivity index (χ2n) is 7.45. The predicted molar refractivity (Wildman–Crippen MR) is 128 cm³/mol. The number of ether oxygens (including phenoxy) is 1. The zero-order valence-electron chi connectivity index (χ0n) is 17.6. The van der Waals surface area contributed by atoms with Crippen LogP contribution in [0.25, 0.3) is 22.5 Å². The van der Waals surface area contributed by atoms with Crippen molar-refractivity contribution in [1.29, 1.82) is 0 Å². The molecular weight excluding hydrogens is 396 g/mol. The molecule has 0 bridgehead atoms. The quantitative estimate of drug-likeness (QED) is 0.334. The number of benzene rings is 4. The van der Waals surface area contributed by atoms with Gasteiger partial charge in [-0.05, 0) is 60.2 Å². The topological polar surface area (TPSA) is 52.0 Å². The molecule has 32 heavy (non-hydrogen) atoms. The maximum absolute atomic E-state index is 5.92. The Bertz CT molecular complexity index is 1310. The van der Waals surface area contributed by atoms with Gasteiger partial charge in [0, 0.05) is 29.5 Å². The summed E-state index contributed by atoms with van der Waals surface area (Å²) < 4.78 is 7.82. The maximum Gasteiger partial charge on any atom is 0.163 e. The SMILES string of the molecule is Cn1cnnc1-c1ccc(Nc2ccccc2-c2ccc(Oc3ccccc3)cc2)cc1. The lowest BCUT2D eigenvalue weighted by Gasteiger charge is -2.13. The Labute approximate surface area is 187 Å². The van der Waals surface area contributed by atoms with E-state index < -0.39 is 0 Å². The minimum Gasteiger partial charge on any atom is -0.457 e. The molecule has 0 aliphatic heterocycles. The number of hydrogen-bond acceptors (Lipinski definition) is 4. The first-order valence-corrected chi connectivity index (χ1v) is 10.4. The van der Waals surface area contributed by atoms with Crippen molar-refractivity contribution in [1.82, 2.24) is 14.8 Å². The van der Waals surface area contributed by atoms with Crippen molar-refractivity contribution in [3.63, 3.8) is 0 Å². The first kappa shape index (κ1) is 19.6. The molecule has 4 aromatic carbocycles. The molecule has 1 aromatic heterocycles. The van der Waals surface area contributed by atoms with Gasteiger partial charge in [0.25, 0.3) is 0 Å².